The van der Waals surface area contributed by atoms with Crippen molar-refractivity contribution in [3.05, 3.63) is 53.3 Å². The fourth-order valence-corrected chi connectivity index (χ4v) is 2.84. The highest BCUT2D eigenvalue weighted by molar-refractivity contribution is 5.92. The lowest BCUT2D eigenvalue weighted by atomic mass is 10.0. The first kappa shape index (κ1) is 16.5. The molecule has 3 rings (SSSR count). The van der Waals surface area contributed by atoms with Crippen molar-refractivity contribution in [3.63, 3.8) is 0 Å². The smallest absolute Gasteiger partial charge is 0.334 e. The molecule has 1 atom stereocenters. The Kier molecular flexibility index (Phi) is 4.31. The summed E-state index contributed by atoms with van der Waals surface area (Å²) in [5.41, 5.74) is -0.0777. The van der Waals surface area contributed by atoms with E-state index in [0.29, 0.717) is 24.3 Å². The van der Waals surface area contributed by atoms with Crippen molar-refractivity contribution in [2.75, 3.05) is 19.6 Å². The van der Waals surface area contributed by atoms with E-state index in [2.05, 4.69) is 10.4 Å². The third kappa shape index (κ3) is 3.28. The van der Waals surface area contributed by atoms with Gasteiger partial charge in [0.1, 0.15) is 5.69 Å². The average molecular weight is 338 g/mol. The quantitative estimate of drug-likeness (QED) is 0.914. The van der Waals surface area contributed by atoms with Gasteiger partial charge in [0.25, 0.3) is 5.91 Å². The number of aryl methyl sites for hydroxylation is 1. The number of benzene rings is 1. The molecular formula is C16H17F3N4O. The first-order chi connectivity index (χ1) is 11.4. The van der Waals surface area contributed by atoms with Crippen molar-refractivity contribution in [1.29, 1.82) is 0 Å². The van der Waals surface area contributed by atoms with Gasteiger partial charge in [0.05, 0.1) is 0 Å². The minimum absolute atomic E-state index is 0.0466. The number of nitrogens with one attached hydrogen (secondary N) is 1. The molecule has 1 aromatic heterocycles. The number of rotatable bonds is 2. The van der Waals surface area contributed by atoms with Gasteiger partial charge in [0, 0.05) is 38.8 Å². The molecule has 0 radical (unpaired) electrons. The van der Waals surface area contributed by atoms with Gasteiger partial charge in [-0.25, -0.2) is 0 Å². The SMILES string of the molecule is Cn1nc(C(=O)N2CCN[C@H](c3ccccc3)C2)cc1C(F)(F)F. The molecule has 24 heavy (non-hydrogen) atoms. The summed E-state index contributed by atoms with van der Waals surface area (Å²) in [7, 11) is 1.18. The van der Waals surface area contributed by atoms with Crippen molar-refractivity contribution in [1.82, 2.24) is 20.0 Å². The van der Waals surface area contributed by atoms with Crippen LogP contribution < -0.4 is 5.32 Å². The van der Waals surface area contributed by atoms with Gasteiger partial charge in [-0.05, 0) is 5.56 Å². The number of hydrogen-bond acceptors (Lipinski definition) is 3. The summed E-state index contributed by atoms with van der Waals surface area (Å²) < 4.78 is 39.3. The number of amides is 1. The largest absolute Gasteiger partial charge is 0.433 e. The van der Waals surface area contributed by atoms with Crippen LogP contribution in [0.25, 0.3) is 0 Å². The molecule has 2 heterocycles. The maximum atomic E-state index is 12.9. The lowest BCUT2D eigenvalue weighted by Crippen LogP contribution is -2.48. The number of carbonyl (C=O) groups is 1. The molecule has 0 unspecified atom stereocenters. The van der Waals surface area contributed by atoms with E-state index >= 15 is 0 Å². The Morgan fingerprint density at radius 2 is 2.00 bits per heavy atom. The van der Waals surface area contributed by atoms with E-state index in [1.165, 1.54) is 11.9 Å². The van der Waals surface area contributed by atoms with Gasteiger partial charge in [-0.1, -0.05) is 30.3 Å². The summed E-state index contributed by atoms with van der Waals surface area (Å²) in [4.78, 5) is 14.1. The van der Waals surface area contributed by atoms with Gasteiger partial charge < -0.3 is 10.2 Å². The molecule has 128 valence electrons. The average Bonchev–Trinajstić information content (AvgIpc) is 2.97. The first-order valence-electron chi connectivity index (χ1n) is 7.55. The molecule has 0 spiro atoms. The van der Waals surface area contributed by atoms with Gasteiger partial charge in [-0.2, -0.15) is 18.3 Å². The highest BCUT2D eigenvalue weighted by atomic mass is 19.4. The molecule has 1 aliphatic rings. The molecule has 1 N–H and O–H groups in total. The summed E-state index contributed by atoms with van der Waals surface area (Å²) >= 11 is 0. The normalized spacial score (nSPS) is 18.7. The van der Waals surface area contributed by atoms with Crippen LogP contribution in [0.1, 0.15) is 27.8 Å². The Balaban J connectivity index is 1.78. The van der Waals surface area contributed by atoms with E-state index in [4.69, 9.17) is 0 Å². The van der Waals surface area contributed by atoms with E-state index in [1.807, 2.05) is 30.3 Å². The predicted molar refractivity (Wildman–Crippen MR) is 81.3 cm³/mol. The molecule has 1 fully saturated rings. The summed E-state index contributed by atoms with van der Waals surface area (Å²) in [5, 5.41) is 7.05. The molecule has 0 bridgehead atoms. The number of alkyl halides is 3. The number of nitrogens with zero attached hydrogens (tertiary/aromatic N) is 3. The standard InChI is InChI=1S/C16H17F3N4O/c1-22-14(16(17,18)19)9-12(21-22)15(24)23-8-7-20-13(10-23)11-5-3-2-4-6-11/h2-6,9,13,20H,7-8,10H2,1H3/t13-/m0/s1. The van der Waals surface area contributed by atoms with Crippen LogP contribution in [-0.2, 0) is 13.2 Å². The van der Waals surface area contributed by atoms with Crippen LogP contribution in [0.15, 0.2) is 36.4 Å². The second-order valence-corrected chi connectivity index (χ2v) is 5.70. The minimum Gasteiger partial charge on any atom is -0.334 e. The molecule has 1 amide bonds. The summed E-state index contributed by atoms with van der Waals surface area (Å²) in [6, 6.07) is 10.4. The van der Waals surface area contributed by atoms with Crippen LogP contribution in [0.5, 0.6) is 0 Å². The van der Waals surface area contributed by atoms with Crippen molar-refractivity contribution in [3.8, 4) is 0 Å². The van der Waals surface area contributed by atoms with E-state index in [-0.39, 0.29) is 11.7 Å². The van der Waals surface area contributed by atoms with Crippen molar-refractivity contribution < 1.29 is 18.0 Å². The molecule has 5 nitrogen and oxygen atoms in total. The Morgan fingerprint density at radius 1 is 1.29 bits per heavy atom. The molecule has 1 aromatic carbocycles. The third-order valence-electron chi connectivity index (χ3n) is 4.05. The lowest BCUT2D eigenvalue weighted by molar-refractivity contribution is -0.143. The van der Waals surface area contributed by atoms with Crippen molar-refractivity contribution in [2.24, 2.45) is 7.05 Å². The van der Waals surface area contributed by atoms with Gasteiger partial charge in [0.2, 0.25) is 0 Å². The number of aromatic nitrogens is 2. The first-order valence-corrected chi connectivity index (χ1v) is 7.55. The second-order valence-electron chi connectivity index (χ2n) is 5.70. The van der Waals surface area contributed by atoms with E-state index in [0.717, 1.165) is 11.6 Å². The Labute approximate surface area is 137 Å². The third-order valence-corrected chi connectivity index (χ3v) is 4.05. The van der Waals surface area contributed by atoms with Crippen molar-refractivity contribution in [2.45, 2.75) is 12.2 Å². The zero-order valence-electron chi connectivity index (χ0n) is 13.0. The van der Waals surface area contributed by atoms with Crippen LogP contribution in [-0.4, -0.2) is 40.2 Å². The number of hydrogen-bond donors (Lipinski definition) is 1. The fraction of sp³-hybridized carbons (Fsp3) is 0.375. The molecular weight excluding hydrogens is 321 g/mol. The number of piperazine rings is 1. The Morgan fingerprint density at radius 3 is 2.62 bits per heavy atom. The van der Waals surface area contributed by atoms with Crippen LogP contribution in [0, 0.1) is 0 Å². The van der Waals surface area contributed by atoms with Crippen molar-refractivity contribution >= 4 is 5.91 Å². The molecule has 8 heteroatoms. The number of carbonyl (C=O) groups excluding carboxylic acids is 1. The van der Waals surface area contributed by atoms with Crippen LogP contribution in [0.3, 0.4) is 0 Å². The lowest BCUT2D eigenvalue weighted by Gasteiger charge is -2.33. The number of halogens is 3. The zero-order valence-corrected chi connectivity index (χ0v) is 13.0. The topological polar surface area (TPSA) is 50.2 Å². The van der Waals surface area contributed by atoms with E-state index in [1.54, 1.807) is 0 Å². The maximum absolute atomic E-state index is 12.9. The molecule has 1 saturated heterocycles. The molecule has 1 aliphatic heterocycles. The predicted octanol–water partition coefficient (Wildman–Crippen LogP) is 2.23. The highest BCUT2D eigenvalue weighted by Crippen LogP contribution is 2.29. The Bertz CT molecular complexity index is 727. The highest BCUT2D eigenvalue weighted by Gasteiger charge is 2.36. The Hall–Kier alpha value is -2.35. The zero-order chi connectivity index (χ0) is 17.3. The monoisotopic (exact) mass is 338 g/mol. The molecule has 2 aromatic rings. The molecule has 0 saturated carbocycles. The fourth-order valence-electron chi connectivity index (χ4n) is 2.84. The van der Waals surface area contributed by atoms with Gasteiger partial charge in [-0.3, -0.25) is 9.48 Å². The molecule has 0 aliphatic carbocycles. The minimum atomic E-state index is -4.53. The summed E-state index contributed by atoms with van der Waals surface area (Å²) in [5.74, 6) is -0.483. The van der Waals surface area contributed by atoms with E-state index in [9.17, 15) is 18.0 Å². The summed E-state index contributed by atoms with van der Waals surface area (Å²) in [6.45, 7) is 1.39. The second kappa shape index (κ2) is 6.27. The van der Waals surface area contributed by atoms with Gasteiger partial charge >= 0.3 is 6.18 Å². The van der Waals surface area contributed by atoms with Crippen LogP contribution in [0.2, 0.25) is 0 Å². The van der Waals surface area contributed by atoms with Crippen LogP contribution in [0.4, 0.5) is 13.2 Å². The summed E-state index contributed by atoms with van der Waals surface area (Å²) in [6.07, 6.45) is -4.53. The van der Waals surface area contributed by atoms with E-state index < -0.39 is 17.8 Å². The van der Waals surface area contributed by atoms with Gasteiger partial charge in [0.15, 0.2) is 5.69 Å². The van der Waals surface area contributed by atoms with Gasteiger partial charge in [-0.15, -0.1) is 0 Å². The maximum Gasteiger partial charge on any atom is 0.433 e. The van der Waals surface area contributed by atoms with Crippen LogP contribution >= 0.6 is 0 Å².